The Hall–Kier alpha value is -2.20. The van der Waals surface area contributed by atoms with Crippen molar-refractivity contribution in [3.8, 4) is 0 Å². The summed E-state index contributed by atoms with van der Waals surface area (Å²) in [7, 11) is 2.14. The minimum absolute atomic E-state index is 0.104. The van der Waals surface area contributed by atoms with E-state index in [1.165, 1.54) is 17.8 Å². The van der Waals surface area contributed by atoms with Crippen molar-refractivity contribution in [3.05, 3.63) is 65.5 Å². The Balaban J connectivity index is 1.54. The summed E-state index contributed by atoms with van der Waals surface area (Å²) in [6.45, 7) is 4.46. The second-order valence-corrected chi connectivity index (χ2v) is 6.86. The molecule has 1 fully saturated rings. The first-order chi connectivity index (χ1) is 12.0. The van der Waals surface area contributed by atoms with Gasteiger partial charge in [0.25, 0.3) is 0 Å². The van der Waals surface area contributed by atoms with Gasteiger partial charge in [-0.1, -0.05) is 12.1 Å². The highest BCUT2D eigenvalue weighted by Crippen LogP contribution is 2.23. The Morgan fingerprint density at radius 3 is 2.24 bits per heavy atom. The van der Waals surface area contributed by atoms with Crippen LogP contribution in [0.15, 0.2) is 48.5 Å². The first-order valence-corrected chi connectivity index (χ1v) is 8.83. The normalized spacial score (nSPS) is 15.6. The van der Waals surface area contributed by atoms with Gasteiger partial charge in [-0.3, -0.25) is 9.69 Å². The van der Waals surface area contributed by atoms with Gasteiger partial charge in [-0.05, 0) is 68.8 Å². The van der Waals surface area contributed by atoms with Crippen LogP contribution >= 0.6 is 0 Å². The lowest BCUT2D eigenvalue weighted by atomic mass is 10.0. The van der Waals surface area contributed by atoms with Crippen LogP contribution in [-0.2, 0) is 6.54 Å². The minimum atomic E-state index is -0.185. The van der Waals surface area contributed by atoms with Gasteiger partial charge in [-0.15, -0.1) is 0 Å². The van der Waals surface area contributed by atoms with E-state index >= 15 is 0 Å². The molecule has 0 saturated carbocycles. The van der Waals surface area contributed by atoms with E-state index in [2.05, 4.69) is 16.8 Å². The first-order valence-electron chi connectivity index (χ1n) is 8.83. The molecule has 25 heavy (non-hydrogen) atoms. The van der Waals surface area contributed by atoms with Crippen molar-refractivity contribution in [3.63, 3.8) is 0 Å². The van der Waals surface area contributed by atoms with E-state index < -0.39 is 0 Å². The number of carbonyl (C=O) groups is 1. The highest BCUT2D eigenvalue weighted by atomic mass is 19.1. The summed E-state index contributed by atoms with van der Waals surface area (Å²) < 4.78 is 13.0. The Bertz CT molecular complexity index is 704. The molecule has 1 heterocycles. The standard InChI is InChI=1S/C21H25FN2O/c1-16(25)18-5-9-21(10-6-18)24-13-11-20(12-14-24)23(2)15-17-3-7-19(22)8-4-17/h3-10,20H,11-15H2,1-2H3. The van der Waals surface area contributed by atoms with Crippen molar-refractivity contribution in [2.24, 2.45) is 0 Å². The van der Waals surface area contributed by atoms with E-state index in [1.807, 2.05) is 36.4 Å². The summed E-state index contributed by atoms with van der Waals surface area (Å²) in [4.78, 5) is 16.1. The maximum Gasteiger partial charge on any atom is 0.159 e. The van der Waals surface area contributed by atoms with Gasteiger partial charge in [0.1, 0.15) is 5.82 Å². The summed E-state index contributed by atoms with van der Waals surface area (Å²) in [5, 5.41) is 0. The van der Waals surface area contributed by atoms with Crippen LogP contribution in [0.5, 0.6) is 0 Å². The van der Waals surface area contributed by atoms with E-state index in [0.717, 1.165) is 43.6 Å². The Morgan fingerprint density at radius 1 is 1.08 bits per heavy atom. The Kier molecular flexibility index (Phi) is 5.49. The minimum Gasteiger partial charge on any atom is -0.371 e. The number of Topliss-reactive ketones (excluding diaryl/α,β-unsaturated/α-hetero) is 1. The fourth-order valence-electron chi connectivity index (χ4n) is 3.48. The van der Waals surface area contributed by atoms with Crippen LogP contribution in [0.3, 0.4) is 0 Å². The second-order valence-electron chi connectivity index (χ2n) is 6.86. The molecule has 1 aliphatic rings. The van der Waals surface area contributed by atoms with Gasteiger partial charge in [0.2, 0.25) is 0 Å². The molecule has 2 aromatic rings. The summed E-state index contributed by atoms with van der Waals surface area (Å²) in [5.41, 5.74) is 3.09. The molecule has 0 bridgehead atoms. The van der Waals surface area contributed by atoms with Gasteiger partial charge in [0.15, 0.2) is 5.78 Å². The fourth-order valence-corrected chi connectivity index (χ4v) is 3.48. The molecule has 0 spiro atoms. The third-order valence-electron chi connectivity index (χ3n) is 5.07. The number of piperidine rings is 1. The van der Waals surface area contributed by atoms with E-state index in [4.69, 9.17) is 0 Å². The van der Waals surface area contributed by atoms with E-state index in [1.54, 1.807) is 6.92 Å². The van der Waals surface area contributed by atoms with Crippen molar-refractivity contribution in [2.45, 2.75) is 32.4 Å². The molecule has 0 radical (unpaired) electrons. The molecule has 4 heteroatoms. The van der Waals surface area contributed by atoms with Gasteiger partial charge in [-0.2, -0.15) is 0 Å². The number of anilines is 1. The molecule has 0 N–H and O–H groups in total. The quantitative estimate of drug-likeness (QED) is 0.765. The topological polar surface area (TPSA) is 23.6 Å². The largest absolute Gasteiger partial charge is 0.371 e. The number of nitrogens with zero attached hydrogens (tertiary/aromatic N) is 2. The van der Waals surface area contributed by atoms with Crippen LogP contribution in [0.1, 0.15) is 35.7 Å². The van der Waals surface area contributed by atoms with Gasteiger partial charge < -0.3 is 4.90 Å². The third kappa shape index (κ3) is 4.45. The second kappa shape index (κ2) is 7.79. The Labute approximate surface area is 149 Å². The maximum atomic E-state index is 13.0. The lowest BCUT2D eigenvalue weighted by Gasteiger charge is -2.38. The molecule has 0 unspecified atom stereocenters. The molecule has 132 valence electrons. The van der Waals surface area contributed by atoms with Crippen LogP contribution in [0, 0.1) is 5.82 Å². The Morgan fingerprint density at radius 2 is 1.68 bits per heavy atom. The zero-order valence-corrected chi connectivity index (χ0v) is 14.9. The summed E-state index contributed by atoms with van der Waals surface area (Å²) in [6, 6.07) is 15.2. The molecule has 0 atom stereocenters. The highest BCUT2D eigenvalue weighted by molar-refractivity contribution is 5.94. The van der Waals surface area contributed by atoms with Crippen LogP contribution in [0.2, 0.25) is 0 Å². The van der Waals surface area contributed by atoms with Crippen molar-refractivity contribution in [1.82, 2.24) is 4.90 Å². The van der Waals surface area contributed by atoms with Crippen molar-refractivity contribution in [2.75, 3.05) is 25.0 Å². The van der Waals surface area contributed by atoms with Crippen molar-refractivity contribution in [1.29, 1.82) is 0 Å². The molecular weight excluding hydrogens is 315 g/mol. The number of ketones is 1. The summed E-state index contributed by atoms with van der Waals surface area (Å²) >= 11 is 0. The molecule has 1 aliphatic heterocycles. The number of benzene rings is 2. The van der Waals surface area contributed by atoms with Crippen LogP contribution in [0.25, 0.3) is 0 Å². The number of hydrogen-bond donors (Lipinski definition) is 0. The molecule has 1 saturated heterocycles. The smallest absolute Gasteiger partial charge is 0.159 e. The van der Waals surface area contributed by atoms with E-state index in [0.29, 0.717) is 6.04 Å². The van der Waals surface area contributed by atoms with Crippen molar-refractivity contribution < 1.29 is 9.18 Å². The lowest BCUT2D eigenvalue weighted by molar-refractivity contribution is 0.101. The predicted octanol–water partition coefficient (Wildman–Crippen LogP) is 4.13. The SMILES string of the molecule is CC(=O)c1ccc(N2CCC(N(C)Cc3ccc(F)cc3)CC2)cc1. The molecule has 3 nitrogen and oxygen atoms in total. The number of rotatable bonds is 5. The molecule has 2 aromatic carbocycles. The molecule has 0 amide bonds. The maximum absolute atomic E-state index is 13.0. The van der Waals surface area contributed by atoms with Gasteiger partial charge in [0.05, 0.1) is 0 Å². The molecule has 3 rings (SSSR count). The van der Waals surface area contributed by atoms with Gasteiger partial charge >= 0.3 is 0 Å². The number of hydrogen-bond acceptors (Lipinski definition) is 3. The third-order valence-corrected chi connectivity index (χ3v) is 5.07. The monoisotopic (exact) mass is 340 g/mol. The average Bonchev–Trinajstić information content (AvgIpc) is 2.64. The highest BCUT2D eigenvalue weighted by Gasteiger charge is 2.22. The lowest BCUT2D eigenvalue weighted by Crippen LogP contribution is -2.43. The fraction of sp³-hybridized carbons (Fsp3) is 0.381. The summed E-state index contributed by atoms with van der Waals surface area (Å²) in [5.74, 6) is -0.0804. The predicted molar refractivity (Wildman–Crippen MR) is 99.5 cm³/mol. The van der Waals surface area contributed by atoms with E-state index in [-0.39, 0.29) is 11.6 Å². The van der Waals surface area contributed by atoms with Crippen molar-refractivity contribution >= 4 is 11.5 Å². The first kappa shape index (κ1) is 17.6. The molecular formula is C21H25FN2O. The zero-order valence-electron chi connectivity index (χ0n) is 14.9. The van der Waals surface area contributed by atoms with Crippen LogP contribution < -0.4 is 4.90 Å². The summed E-state index contributed by atoms with van der Waals surface area (Å²) in [6.07, 6.45) is 2.21. The average molecular weight is 340 g/mol. The number of carbonyl (C=O) groups excluding carboxylic acids is 1. The molecule has 0 aliphatic carbocycles. The van der Waals surface area contributed by atoms with Crippen LogP contribution in [0.4, 0.5) is 10.1 Å². The number of halogens is 1. The van der Waals surface area contributed by atoms with Gasteiger partial charge in [0, 0.05) is 36.9 Å². The molecule has 0 aromatic heterocycles. The van der Waals surface area contributed by atoms with E-state index in [9.17, 15) is 9.18 Å². The van der Waals surface area contributed by atoms with Crippen LogP contribution in [-0.4, -0.2) is 36.9 Å². The zero-order chi connectivity index (χ0) is 17.8. The van der Waals surface area contributed by atoms with Gasteiger partial charge in [-0.25, -0.2) is 4.39 Å².